The maximum atomic E-state index is 13.6. The number of para-hydroxylation sites is 1. The Morgan fingerprint density at radius 2 is 0.717 bits per heavy atom. The standard InChI is InChI=1S/C48H36N2O8S2/c49-34-9-4-11-40(31-34)55-36-15-23-42(24-16-36)59(51,52)44-27-19-38(20-28-44)57-47-14-6-13-46(33-7-2-1-3-8-33)48(47)58-39-21-29-45(30-22-39)60(53,54)43-25-17-37(18-26-43)56-41-12-5-10-35(50)32-41/h1-32H,49-50H2. The predicted octanol–water partition coefficient (Wildman–Crippen LogP) is 11.4. The zero-order valence-electron chi connectivity index (χ0n) is 31.7. The second-order valence-electron chi connectivity index (χ2n) is 13.4. The zero-order chi connectivity index (χ0) is 41.7. The summed E-state index contributed by atoms with van der Waals surface area (Å²) < 4.78 is 78.7. The van der Waals surface area contributed by atoms with Crippen molar-refractivity contribution in [3.8, 4) is 57.1 Å². The molecule has 0 aliphatic heterocycles. The summed E-state index contributed by atoms with van der Waals surface area (Å²) in [5.74, 6) is 3.43. The molecule has 0 bridgehead atoms. The van der Waals surface area contributed by atoms with Crippen LogP contribution in [0.25, 0.3) is 11.1 Å². The highest BCUT2D eigenvalue weighted by Crippen LogP contribution is 2.43. The summed E-state index contributed by atoms with van der Waals surface area (Å²) in [4.78, 5) is 0.340. The molecule has 0 fully saturated rings. The van der Waals surface area contributed by atoms with Gasteiger partial charge in [0.1, 0.15) is 34.5 Å². The Kier molecular flexibility index (Phi) is 11.0. The highest BCUT2D eigenvalue weighted by atomic mass is 32.2. The maximum absolute atomic E-state index is 13.6. The highest BCUT2D eigenvalue weighted by Gasteiger charge is 2.21. The first kappa shape index (κ1) is 39.3. The lowest BCUT2D eigenvalue weighted by atomic mass is 10.0. The van der Waals surface area contributed by atoms with Gasteiger partial charge in [-0.15, -0.1) is 0 Å². The number of sulfone groups is 2. The molecular formula is C48H36N2O8S2. The Hall–Kier alpha value is -7.54. The Balaban J connectivity index is 1.00. The molecule has 0 aliphatic rings. The fraction of sp³-hybridized carbons (Fsp3) is 0. The van der Waals surface area contributed by atoms with Gasteiger partial charge in [0.2, 0.25) is 19.7 Å². The van der Waals surface area contributed by atoms with Gasteiger partial charge in [0.05, 0.1) is 19.6 Å². The SMILES string of the molecule is Nc1cccc(Oc2ccc(S(=O)(=O)c3ccc(Oc4cccc(-c5ccccc5)c4Oc4ccc(S(=O)(=O)c5ccc(Oc6cccc(N)c6)cc5)cc4)cc3)cc2)c1. The Morgan fingerprint density at radius 1 is 0.333 bits per heavy atom. The molecule has 8 rings (SSSR count). The minimum absolute atomic E-state index is 0.0734. The van der Waals surface area contributed by atoms with Gasteiger partial charge in [0, 0.05) is 29.1 Å². The molecule has 0 saturated heterocycles. The molecule has 0 heterocycles. The Labute approximate surface area is 347 Å². The van der Waals surface area contributed by atoms with Crippen molar-refractivity contribution in [2.75, 3.05) is 11.5 Å². The van der Waals surface area contributed by atoms with Crippen LogP contribution in [0, 0.1) is 0 Å². The van der Waals surface area contributed by atoms with Crippen molar-refractivity contribution in [3.63, 3.8) is 0 Å². The average molecular weight is 833 g/mol. The van der Waals surface area contributed by atoms with Gasteiger partial charge in [-0.2, -0.15) is 0 Å². The van der Waals surface area contributed by atoms with Crippen LogP contribution >= 0.6 is 0 Å². The number of nitrogens with two attached hydrogens (primary N) is 2. The minimum Gasteiger partial charge on any atom is -0.457 e. The zero-order valence-corrected chi connectivity index (χ0v) is 33.3. The Morgan fingerprint density at radius 3 is 1.13 bits per heavy atom. The lowest BCUT2D eigenvalue weighted by Gasteiger charge is -2.17. The number of benzene rings is 8. The molecular weight excluding hydrogens is 797 g/mol. The third kappa shape index (κ3) is 8.80. The highest BCUT2D eigenvalue weighted by molar-refractivity contribution is 7.91. The van der Waals surface area contributed by atoms with Gasteiger partial charge < -0.3 is 30.4 Å². The summed E-state index contributed by atoms with van der Waals surface area (Å²) >= 11 is 0. The second kappa shape index (κ2) is 16.7. The van der Waals surface area contributed by atoms with Gasteiger partial charge in [0.25, 0.3) is 0 Å². The van der Waals surface area contributed by atoms with Gasteiger partial charge in [0.15, 0.2) is 11.5 Å². The number of hydrogen-bond donors (Lipinski definition) is 2. The summed E-state index contributed by atoms with van der Waals surface area (Å²) in [6.07, 6.45) is 0. The largest absolute Gasteiger partial charge is 0.457 e. The monoisotopic (exact) mass is 832 g/mol. The van der Waals surface area contributed by atoms with Crippen LogP contribution in [0.3, 0.4) is 0 Å². The number of anilines is 2. The first-order chi connectivity index (χ1) is 29.0. The first-order valence-electron chi connectivity index (χ1n) is 18.5. The van der Waals surface area contributed by atoms with E-state index in [1.54, 1.807) is 103 Å². The van der Waals surface area contributed by atoms with Crippen LogP contribution < -0.4 is 30.4 Å². The van der Waals surface area contributed by atoms with Crippen molar-refractivity contribution in [3.05, 3.63) is 194 Å². The van der Waals surface area contributed by atoms with Crippen LogP contribution in [-0.4, -0.2) is 16.8 Å². The molecule has 4 N–H and O–H groups in total. The van der Waals surface area contributed by atoms with Gasteiger partial charge in [-0.05, 0) is 133 Å². The van der Waals surface area contributed by atoms with Crippen molar-refractivity contribution < 1.29 is 35.8 Å². The minimum atomic E-state index is -3.88. The molecule has 0 atom stereocenters. The van der Waals surface area contributed by atoms with Crippen LogP contribution in [0.4, 0.5) is 11.4 Å². The van der Waals surface area contributed by atoms with E-state index in [9.17, 15) is 16.8 Å². The van der Waals surface area contributed by atoms with E-state index < -0.39 is 19.7 Å². The van der Waals surface area contributed by atoms with E-state index in [-0.39, 0.29) is 19.6 Å². The summed E-state index contributed by atoms with van der Waals surface area (Å²) in [6, 6.07) is 53.4. The van der Waals surface area contributed by atoms with E-state index in [2.05, 4.69) is 0 Å². The van der Waals surface area contributed by atoms with Crippen molar-refractivity contribution >= 4 is 31.0 Å². The molecule has 10 nitrogen and oxygen atoms in total. The van der Waals surface area contributed by atoms with Gasteiger partial charge >= 0.3 is 0 Å². The fourth-order valence-corrected chi connectivity index (χ4v) is 8.76. The van der Waals surface area contributed by atoms with E-state index in [1.807, 2.05) is 42.5 Å². The van der Waals surface area contributed by atoms with E-state index in [0.717, 1.165) is 5.56 Å². The summed E-state index contributed by atoms with van der Waals surface area (Å²) in [5.41, 5.74) is 14.3. The van der Waals surface area contributed by atoms with Crippen molar-refractivity contribution in [2.24, 2.45) is 0 Å². The number of hydrogen-bond acceptors (Lipinski definition) is 10. The molecule has 0 aromatic heterocycles. The van der Waals surface area contributed by atoms with Gasteiger partial charge in [-0.1, -0.05) is 54.6 Å². The molecule has 0 radical (unpaired) electrons. The second-order valence-corrected chi connectivity index (χ2v) is 17.3. The van der Waals surface area contributed by atoms with Gasteiger partial charge in [-0.25, -0.2) is 16.8 Å². The Bertz CT molecular complexity index is 3000. The number of rotatable bonds is 13. The smallest absolute Gasteiger partial charge is 0.206 e. The van der Waals surface area contributed by atoms with Crippen LogP contribution in [-0.2, 0) is 19.7 Å². The number of nitrogen functional groups attached to an aromatic ring is 2. The molecule has 0 unspecified atom stereocenters. The summed E-state index contributed by atoms with van der Waals surface area (Å²) in [6.45, 7) is 0. The number of ether oxygens (including phenoxy) is 4. The summed E-state index contributed by atoms with van der Waals surface area (Å²) in [7, 11) is -7.75. The van der Waals surface area contributed by atoms with E-state index in [4.69, 9.17) is 30.4 Å². The fourth-order valence-electron chi connectivity index (χ4n) is 6.24. The predicted molar refractivity (Wildman–Crippen MR) is 231 cm³/mol. The quantitative estimate of drug-likeness (QED) is 0.107. The lowest BCUT2D eigenvalue weighted by Crippen LogP contribution is -2.02. The van der Waals surface area contributed by atoms with Crippen LogP contribution in [0.1, 0.15) is 0 Å². The molecule has 12 heteroatoms. The normalized spacial score (nSPS) is 11.4. The van der Waals surface area contributed by atoms with Crippen molar-refractivity contribution in [1.29, 1.82) is 0 Å². The first-order valence-corrected chi connectivity index (χ1v) is 21.5. The van der Waals surface area contributed by atoms with Crippen LogP contribution in [0.5, 0.6) is 46.0 Å². The van der Waals surface area contributed by atoms with E-state index in [0.29, 0.717) is 62.9 Å². The summed E-state index contributed by atoms with van der Waals surface area (Å²) in [5, 5.41) is 0. The van der Waals surface area contributed by atoms with Crippen molar-refractivity contribution in [2.45, 2.75) is 19.6 Å². The molecule has 0 amide bonds. The topological polar surface area (TPSA) is 157 Å². The van der Waals surface area contributed by atoms with Crippen LogP contribution in [0.15, 0.2) is 214 Å². The van der Waals surface area contributed by atoms with Gasteiger partial charge in [-0.3, -0.25) is 0 Å². The van der Waals surface area contributed by atoms with E-state index >= 15 is 0 Å². The third-order valence-corrected chi connectivity index (χ3v) is 12.8. The molecule has 0 saturated carbocycles. The van der Waals surface area contributed by atoms with Crippen molar-refractivity contribution in [1.82, 2.24) is 0 Å². The molecule has 60 heavy (non-hydrogen) atoms. The van der Waals surface area contributed by atoms with Crippen LogP contribution in [0.2, 0.25) is 0 Å². The molecule has 298 valence electrons. The lowest BCUT2D eigenvalue weighted by molar-refractivity contribution is 0.419. The molecule has 8 aromatic carbocycles. The maximum Gasteiger partial charge on any atom is 0.206 e. The molecule has 8 aromatic rings. The average Bonchev–Trinajstić information content (AvgIpc) is 3.25. The van der Waals surface area contributed by atoms with E-state index in [1.165, 1.54) is 48.5 Å². The molecule has 0 aliphatic carbocycles. The third-order valence-electron chi connectivity index (χ3n) is 9.24. The molecule has 0 spiro atoms.